The standard InChI is InChI=1S/C17H21NO/c18-14-16(15-8-3-1-4-9-15)10-7-13-19-17-11-5-2-6-12-17/h1-6,8-9,11-12,16H,7,10,13-14,18H2. The molecule has 0 saturated heterocycles. The van der Waals surface area contributed by atoms with Gasteiger partial charge in [-0.2, -0.15) is 0 Å². The Kier molecular flexibility index (Phi) is 5.45. The van der Waals surface area contributed by atoms with Gasteiger partial charge in [-0.05, 0) is 43.0 Å². The fraction of sp³-hybridized carbons (Fsp3) is 0.294. The average molecular weight is 255 g/mol. The van der Waals surface area contributed by atoms with Crippen molar-refractivity contribution in [1.82, 2.24) is 0 Å². The Balaban J connectivity index is 1.75. The number of hydrogen-bond donors (Lipinski definition) is 1. The lowest BCUT2D eigenvalue weighted by atomic mass is 9.95. The zero-order valence-electron chi connectivity index (χ0n) is 11.2. The van der Waals surface area contributed by atoms with Gasteiger partial charge in [0.25, 0.3) is 0 Å². The normalized spacial score (nSPS) is 12.1. The molecule has 0 amide bonds. The van der Waals surface area contributed by atoms with Gasteiger partial charge in [0.1, 0.15) is 5.75 Å². The van der Waals surface area contributed by atoms with E-state index in [0.29, 0.717) is 12.5 Å². The topological polar surface area (TPSA) is 35.2 Å². The van der Waals surface area contributed by atoms with E-state index in [1.807, 2.05) is 36.4 Å². The van der Waals surface area contributed by atoms with Crippen molar-refractivity contribution in [1.29, 1.82) is 0 Å². The summed E-state index contributed by atoms with van der Waals surface area (Å²) in [4.78, 5) is 0. The first-order chi connectivity index (χ1) is 9.40. The van der Waals surface area contributed by atoms with E-state index in [0.717, 1.165) is 25.2 Å². The molecule has 0 heterocycles. The summed E-state index contributed by atoms with van der Waals surface area (Å²) >= 11 is 0. The van der Waals surface area contributed by atoms with Crippen LogP contribution in [0.25, 0.3) is 0 Å². The van der Waals surface area contributed by atoms with E-state index in [4.69, 9.17) is 10.5 Å². The molecule has 0 aliphatic carbocycles. The smallest absolute Gasteiger partial charge is 0.119 e. The molecule has 19 heavy (non-hydrogen) atoms. The summed E-state index contributed by atoms with van der Waals surface area (Å²) in [6, 6.07) is 20.4. The van der Waals surface area contributed by atoms with Crippen molar-refractivity contribution in [3.05, 3.63) is 66.2 Å². The maximum absolute atomic E-state index is 5.86. The minimum Gasteiger partial charge on any atom is -0.494 e. The second kappa shape index (κ2) is 7.59. The molecule has 2 aromatic rings. The van der Waals surface area contributed by atoms with Gasteiger partial charge in [0.05, 0.1) is 6.61 Å². The van der Waals surface area contributed by atoms with E-state index in [9.17, 15) is 0 Å². The molecule has 0 radical (unpaired) electrons. The van der Waals surface area contributed by atoms with E-state index >= 15 is 0 Å². The van der Waals surface area contributed by atoms with Crippen LogP contribution in [0.5, 0.6) is 5.75 Å². The summed E-state index contributed by atoms with van der Waals surface area (Å²) in [6.07, 6.45) is 2.08. The van der Waals surface area contributed by atoms with Crippen molar-refractivity contribution in [3.63, 3.8) is 0 Å². The van der Waals surface area contributed by atoms with Crippen molar-refractivity contribution in [2.45, 2.75) is 18.8 Å². The van der Waals surface area contributed by atoms with Gasteiger partial charge in [0, 0.05) is 0 Å². The molecule has 0 aromatic heterocycles. The first kappa shape index (κ1) is 13.6. The lowest BCUT2D eigenvalue weighted by Crippen LogP contribution is -2.13. The van der Waals surface area contributed by atoms with Gasteiger partial charge >= 0.3 is 0 Å². The van der Waals surface area contributed by atoms with Gasteiger partial charge in [-0.25, -0.2) is 0 Å². The lowest BCUT2D eigenvalue weighted by molar-refractivity contribution is 0.302. The molecule has 0 saturated carbocycles. The van der Waals surface area contributed by atoms with Crippen molar-refractivity contribution < 1.29 is 4.74 Å². The third kappa shape index (κ3) is 4.42. The molecule has 2 nitrogen and oxygen atoms in total. The quantitative estimate of drug-likeness (QED) is 0.767. The Bertz CT molecular complexity index is 455. The maximum atomic E-state index is 5.86. The number of benzene rings is 2. The van der Waals surface area contributed by atoms with Gasteiger partial charge in [0.2, 0.25) is 0 Å². The van der Waals surface area contributed by atoms with E-state index < -0.39 is 0 Å². The molecule has 2 rings (SSSR count). The zero-order valence-corrected chi connectivity index (χ0v) is 11.2. The maximum Gasteiger partial charge on any atom is 0.119 e. The van der Waals surface area contributed by atoms with Crippen molar-refractivity contribution in [2.75, 3.05) is 13.2 Å². The Morgan fingerprint density at radius 2 is 1.53 bits per heavy atom. The molecule has 0 aliphatic heterocycles. The van der Waals surface area contributed by atoms with Crippen LogP contribution in [0.3, 0.4) is 0 Å². The largest absolute Gasteiger partial charge is 0.494 e. The second-order valence-electron chi connectivity index (χ2n) is 4.65. The van der Waals surface area contributed by atoms with Crippen LogP contribution in [0.15, 0.2) is 60.7 Å². The molecule has 2 aromatic carbocycles. The Morgan fingerprint density at radius 3 is 2.16 bits per heavy atom. The van der Waals surface area contributed by atoms with Crippen LogP contribution in [-0.4, -0.2) is 13.2 Å². The number of para-hydroxylation sites is 1. The Hall–Kier alpha value is -1.80. The average Bonchev–Trinajstić information content (AvgIpc) is 2.49. The minimum atomic E-state index is 0.431. The number of rotatable bonds is 7. The molecule has 1 unspecified atom stereocenters. The first-order valence-electron chi connectivity index (χ1n) is 6.83. The highest BCUT2D eigenvalue weighted by Gasteiger charge is 2.08. The Labute approximate surface area is 115 Å². The van der Waals surface area contributed by atoms with Crippen LogP contribution in [0, 0.1) is 0 Å². The molecular weight excluding hydrogens is 234 g/mol. The number of nitrogens with two attached hydrogens (primary N) is 1. The zero-order chi connectivity index (χ0) is 13.3. The fourth-order valence-corrected chi connectivity index (χ4v) is 2.18. The van der Waals surface area contributed by atoms with Gasteiger partial charge in [-0.3, -0.25) is 0 Å². The SMILES string of the molecule is NCC(CCCOc1ccccc1)c1ccccc1. The van der Waals surface area contributed by atoms with Crippen LogP contribution in [0.1, 0.15) is 24.3 Å². The summed E-state index contributed by atoms with van der Waals surface area (Å²) in [6.45, 7) is 1.43. The first-order valence-corrected chi connectivity index (χ1v) is 6.83. The predicted molar refractivity (Wildman–Crippen MR) is 79.4 cm³/mol. The molecule has 2 heteroatoms. The number of ether oxygens (including phenoxy) is 1. The van der Waals surface area contributed by atoms with E-state index in [1.54, 1.807) is 0 Å². The van der Waals surface area contributed by atoms with Crippen molar-refractivity contribution >= 4 is 0 Å². The van der Waals surface area contributed by atoms with Crippen LogP contribution in [-0.2, 0) is 0 Å². The fourth-order valence-electron chi connectivity index (χ4n) is 2.18. The summed E-state index contributed by atoms with van der Waals surface area (Å²) in [7, 11) is 0. The minimum absolute atomic E-state index is 0.431. The van der Waals surface area contributed by atoms with Crippen LogP contribution < -0.4 is 10.5 Å². The van der Waals surface area contributed by atoms with Gasteiger partial charge in [-0.1, -0.05) is 48.5 Å². The summed E-state index contributed by atoms with van der Waals surface area (Å²) < 4.78 is 5.70. The van der Waals surface area contributed by atoms with Crippen LogP contribution in [0.4, 0.5) is 0 Å². The van der Waals surface area contributed by atoms with Gasteiger partial charge < -0.3 is 10.5 Å². The van der Waals surface area contributed by atoms with Gasteiger partial charge in [-0.15, -0.1) is 0 Å². The summed E-state index contributed by atoms with van der Waals surface area (Å²) in [5, 5.41) is 0. The summed E-state index contributed by atoms with van der Waals surface area (Å²) in [5.74, 6) is 1.37. The second-order valence-corrected chi connectivity index (χ2v) is 4.65. The monoisotopic (exact) mass is 255 g/mol. The van der Waals surface area contributed by atoms with Crippen LogP contribution >= 0.6 is 0 Å². The molecule has 0 spiro atoms. The van der Waals surface area contributed by atoms with Gasteiger partial charge in [0.15, 0.2) is 0 Å². The molecule has 100 valence electrons. The molecule has 1 atom stereocenters. The third-order valence-electron chi connectivity index (χ3n) is 3.26. The lowest BCUT2D eigenvalue weighted by Gasteiger charge is -2.15. The van der Waals surface area contributed by atoms with Crippen LogP contribution in [0.2, 0.25) is 0 Å². The predicted octanol–water partition coefficient (Wildman–Crippen LogP) is 3.59. The summed E-state index contributed by atoms with van der Waals surface area (Å²) in [5.41, 5.74) is 7.18. The molecule has 0 bridgehead atoms. The van der Waals surface area contributed by atoms with Crippen molar-refractivity contribution in [3.8, 4) is 5.75 Å². The number of hydrogen-bond acceptors (Lipinski definition) is 2. The van der Waals surface area contributed by atoms with E-state index in [2.05, 4.69) is 24.3 Å². The molecular formula is C17H21NO. The highest BCUT2D eigenvalue weighted by molar-refractivity contribution is 5.21. The Morgan fingerprint density at radius 1 is 0.895 bits per heavy atom. The van der Waals surface area contributed by atoms with E-state index in [-0.39, 0.29) is 0 Å². The van der Waals surface area contributed by atoms with E-state index in [1.165, 1.54) is 5.56 Å². The third-order valence-corrected chi connectivity index (χ3v) is 3.26. The molecule has 0 aliphatic rings. The highest BCUT2D eigenvalue weighted by Crippen LogP contribution is 2.20. The highest BCUT2D eigenvalue weighted by atomic mass is 16.5. The van der Waals surface area contributed by atoms with Crippen molar-refractivity contribution in [2.24, 2.45) is 5.73 Å². The molecule has 2 N–H and O–H groups in total. The molecule has 0 fully saturated rings.